The Labute approximate surface area is 142 Å². The molecule has 0 aliphatic rings. The monoisotopic (exact) mass is 322 g/mol. The van der Waals surface area contributed by atoms with Gasteiger partial charge in [0.05, 0.1) is 0 Å². The SMILES string of the molecule is CCCc1ccc(NC(=O)/C(=C/c2ccccc2)NC(C)=O)cc1. The fraction of sp³-hybridized carbons (Fsp3) is 0.200. The van der Waals surface area contributed by atoms with Crippen LogP contribution in [0.2, 0.25) is 0 Å². The Hall–Kier alpha value is -2.88. The predicted molar refractivity (Wildman–Crippen MR) is 97.3 cm³/mol. The smallest absolute Gasteiger partial charge is 0.272 e. The molecule has 2 amide bonds. The number of anilines is 1. The summed E-state index contributed by atoms with van der Waals surface area (Å²) in [6.45, 7) is 3.51. The van der Waals surface area contributed by atoms with Gasteiger partial charge in [0, 0.05) is 12.6 Å². The predicted octanol–water partition coefficient (Wildman–Crippen LogP) is 3.75. The Morgan fingerprint density at radius 2 is 1.67 bits per heavy atom. The maximum Gasteiger partial charge on any atom is 0.272 e. The van der Waals surface area contributed by atoms with Gasteiger partial charge in [-0.15, -0.1) is 0 Å². The highest BCUT2D eigenvalue weighted by molar-refractivity contribution is 6.08. The molecule has 2 rings (SSSR count). The molecule has 0 aliphatic carbocycles. The molecule has 0 aromatic heterocycles. The van der Waals surface area contributed by atoms with Crippen molar-refractivity contribution >= 4 is 23.6 Å². The molecule has 0 atom stereocenters. The van der Waals surface area contributed by atoms with Gasteiger partial charge < -0.3 is 10.6 Å². The van der Waals surface area contributed by atoms with Crippen molar-refractivity contribution in [3.63, 3.8) is 0 Å². The van der Waals surface area contributed by atoms with Crippen molar-refractivity contribution in [2.75, 3.05) is 5.32 Å². The molecule has 0 spiro atoms. The van der Waals surface area contributed by atoms with Crippen molar-refractivity contribution < 1.29 is 9.59 Å². The maximum atomic E-state index is 12.5. The van der Waals surface area contributed by atoms with Crippen LogP contribution in [0.1, 0.15) is 31.4 Å². The van der Waals surface area contributed by atoms with Crippen LogP contribution in [0.15, 0.2) is 60.3 Å². The molecule has 0 fully saturated rings. The number of carbonyl (C=O) groups excluding carboxylic acids is 2. The number of hydrogen-bond donors (Lipinski definition) is 2. The van der Waals surface area contributed by atoms with E-state index in [9.17, 15) is 9.59 Å². The van der Waals surface area contributed by atoms with Gasteiger partial charge in [-0.25, -0.2) is 0 Å². The van der Waals surface area contributed by atoms with E-state index in [1.165, 1.54) is 12.5 Å². The van der Waals surface area contributed by atoms with Crippen LogP contribution in [0.3, 0.4) is 0 Å². The first-order chi connectivity index (χ1) is 11.6. The molecule has 0 saturated heterocycles. The molecule has 0 radical (unpaired) electrons. The highest BCUT2D eigenvalue weighted by Crippen LogP contribution is 2.13. The second-order valence-corrected chi connectivity index (χ2v) is 5.55. The Balaban J connectivity index is 2.15. The lowest BCUT2D eigenvalue weighted by atomic mass is 10.1. The van der Waals surface area contributed by atoms with E-state index in [0.29, 0.717) is 5.69 Å². The minimum atomic E-state index is -0.350. The van der Waals surface area contributed by atoms with Crippen LogP contribution in [0.25, 0.3) is 6.08 Å². The van der Waals surface area contributed by atoms with Crippen LogP contribution in [0, 0.1) is 0 Å². The van der Waals surface area contributed by atoms with Gasteiger partial charge in [-0.2, -0.15) is 0 Å². The van der Waals surface area contributed by atoms with E-state index in [1.807, 2.05) is 54.6 Å². The average Bonchev–Trinajstić information content (AvgIpc) is 2.57. The molecule has 0 heterocycles. The summed E-state index contributed by atoms with van der Waals surface area (Å²) >= 11 is 0. The summed E-state index contributed by atoms with van der Waals surface area (Å²) in [5, 5.41) is 5.41. The Morgan fingerprint density at radius 1 is 1.00 bits per heavy atom. The molecule has 0 saturated carbocycles. The van der Waals surface area contributed by atoms with E-state index in [1.54, 1.807) is 6.08 Å². The Bertz CT molecular complexity index is 719. The molecule has 2 aromatic carbocycles. The van der Waals surface area contributed by atoms with Crippen LogP contribution in [0.5, 0.6) is 0 Å². The lowest BCUT2D eigenvalue weighted by Crippen LogP contribution is -2.28. The van der Waals surface area contributed by atoms with Gasteiger partial charge in [-0.05, 0) is 35.8 Å². The topological polar surface area (TPSA) is 58.2 Å². The zero-order chi connectivity index (χ0) is 17.4. The van der Waals surface area contributed by atoms with Crippen molar-refractivity contribution in [2.24, 2.45) is 0 Å². The summed E-state index contributed by atoms with van der Waals surface area (Å²) in [6.07, 6.45) is 3.75. The van der Waals surface area contributed by atoms with E-state index in [-0.39, 0.29) is 17.5 Å². The highest BCUT2D eigenvalue weighted by Gasteiger charge is 2.11. The molecule has 4 heteroatoms. The van der Waals surface area contributed by atoms with E-state index in [2.05, 4.69) is 17.6 Å². The lowest BCUT2D eigenvalue weighted by Gasteiger charge is -2.10. The van der Waals surface area contributed by atoms with Gasteiger partial charge in [-0.3, -0.25) is 9.59 Å². The van der Waals surface area contributed by atoms with E-state index >= 15 is 0 Å². The molecule has 124 valence electrons. The second-order valence-electron chi connectivity index (χ2n) is 5.55. The quantitative estimate of drug-likeness (QED) is 0.796. The molecule has 2 N–H and O–H groups in total. The first-order valence-corrected chi connectivity index (χ1v) is 8.03. The summed E-state index contributed by atoms with van der Waals surface area (Å²) in [6, 6.07) is 17.1. The van der Waals surface area contributed by atoms with Crippen molar-refractivity contribution in [1.82, 2.24) is 5.32 Å². The molecule has 0 aliphatic heterocycles. The first kappa shape index (κ1) is 17.5. The molecule has 24 heavy (non-hydrogen) atoms. The van der Waals surface area contributed by atoms with Crippen LogP contribution >= 0.6 is 0 Å². The summed E-state index contributed by atoms with van der Waals surface area (Å²) < 4.78 is 0. The third kappa shape index (κ3) is 5.39. The minimum Gasteiger partial charge on any atom is -0.322 e. The maximum absolute atomic E-state index is 12.5. The van der Waals surface area contributed by atoms with Crippen molar-refractivity contribution in [1.29, 1.82) is 0 Å². The van der Waals surface area contributed by atoms with Crippen LogP contribution in [-0.4, -0.2) is 11.8 Å². The van der Waals surface area contributed by atoms with E-state index in [0.717, 1.165) is 18.4 Å². The van der Waals surface area contributed by atoms with Gasteiger partial charge in [-0.1, -0.05) is 55.8 Å². The number of rotatable bonds is 6. The van der Waals surface area contributed by atoms with Crippen molar-refractivity contribution in [2.45, 2.75) is 26.7 Å². The fourth-order valence-corrected chi connectivity index (χ4v) is 2.31. The third-order valence-electron chi connectivity index (χ3n) is 3.42. The van der Waals surface area contributed by atoms with Crippen molar-refractivity contribution in [3.05, 3.63) is 71.4 Å². The summed E-state index contributed by atoms with van der Waals surface area (Å²) in [4.78, 5) is 23.9. The summed E-state index contributed by atoms with van der Waals surface area (Å²) in [5.41, 5.74) is 2.99. The van der Waals surface area contributed by atoms with Crippen molar-refractivity contribution in [3.8, 4) is 0 Å². The lowest BCUT2D eigenvalue weighted by molar-refractivity contribution is -0.120. The fourth-order valence-electron chi connectivity index (χ4n) is 2.31. The van der Waals surface area contributed by atoms with E-state index < -0.39 is 0 Å². The number of aryl methyl sites for hydroxylation is 1. The van der Waals surface area contributed by atoms with Crippen LogP contribution in [-0.2, 0) is 16.0 Å². The number of amides is 2. The molecule has 0 unspecified atom stereocenters. The van der Waals surface area contributed by atoms with Gasteiger partial charge in [0.15, 0.2) is 0 Å². The Kier molecular flexibility index (Phi) is 6.32. The third-order valence-corrected chi connectivity index (χ3v) is 3.42. The van der Waals surface area contributed by atoms with Gasteiger partial charge in [0.25, 0.3) is 5.91 Å². The summed E-state index contributed by atoms with van der Waals surface area (Å²) in [7, 11) is 0. The number of hydrogen-bond acceptors (Lipinski definition) is 2. The van der Waals surface area contributed by atoms with Crippen LogP contribution < -0.4 is 10.6 Å². The largest absolute Gasteiger partial charge is 0.322 e. The average molecular weight is 322 g/mol. The summed E-state index contributed by atoms with van der Waals surface area (Å²) in [5.74, 6) is -0.636. The number of carbonyl (C=O) groups is 2. The molecule has 2 aromatic rings. The van der Waals surface area contributed by atoms with Crippen LogP contribution in [0.4, 0.5) is 5.69 Å². The zero-order valence-corrected chi connectivity index (χ0v) is 14.0. The molecule has 0 bridgehead atoms. The molecule has 4 nitrogen and oxygen atoms in total. The van der Waals surface area contributed by atoms with Gasteiger partial charge in [0.2, 0.25) is 5.91 Å². The Morgan fingerprint density at radius 3 is 2.25 bits per heavy atom. The van der Waals surface area contributed by atoms with Gasteiger partial charge in [0.1, 0.15) is 5.70 Å². The second kappa shape index (κ2) is 8.67. The van der Waals surface area contributed by atoms with Gasteiger partial charge >= 0.3 is 0 Å². The molecular formula is C20H22N2O2. The first-order valence-electron chi connectivity index (χ1n) is 8.03. The normalized spacial score (nSPS) is 11.0. The standard InChI is InChI=1S/C20H22N2O2/c1-3-7-16-10-12-18(13-11-16)22-20(24)19(21-15(2)23)14-17-8-5-4-6-9-17/h4-6,8-14H,3,7H2,1-2H3,(H,21,23)(H,22,24)/b19-14-. The van der Waals surface area contributed by atoms with E-state index in [4.69, 9.17) is 0 Å². The minimum absolute atomic E-state index is 0.214. The zero-order valence-electron chi connectivity index (χ0n) is 14.0. The number of nitrogens with one attached hydrogen (secondary N) is 2. The number of benzene rings is 2. The molecular weight excluding hydrogens is 300 g/mol. The highest BCUT2D eigenvalue weighted by atomic mass is 16.2.